The Morgan fingerprint density at radius 2 is 1.80 bits per heavy atom. The van der Waals surface area contributed by atoms with Crippen LogP contribution in [0.3, 0.4) is 0 Å². The Bertz CT molecular complexity index is 280. The lowest BCUT2D eigenvalue weighted by molar-refractivity contribution is -0.144. The van der Waals surface area contributed by atoms with Crippen LogP contribution < -0.4 is 5.32 Å². The lowest BCUT2D eigenvalue weighted by Crippen LogP contribution is -2.52. The fourth-order valence-corrected chi connectivity index (χ4v) is 2.33. The van der Waals surface area contributed by atoms with Gasteiger partial charge in [0, 0.05) is 6.04 Å². The zero-order chi connectivity index (χ0) is 15.8. The lowest BCUT2D eigenvalue weighted by atomic mass is 9.94. The number of carboxylic acid groups (broad SMARTS) is 1. The second-order valence-electron chi connectivity index (χ2n) is 6.88. The SMILES string of the molecule is CC(C)CCN(C)CCCCC(C)(NC(C)C)C(=O)O. The van der Waals surface area contributed by atoms with E-state index in [4.69, 9.17) is 0 Å². The fraction of sp³-hybridized carbons (Fsp3) is 0.938. The highest BCUT2D eigenvalue weighted by Crippen LogP contribution is 2.15. The quantitative estimate of drug-likeness (QED) is 0.573. The monoisotopic (exact) mass is 286 g/mol. The molecule has 0 aromatic rings. The predicted octanol–water partition coefficient (Wildman–Crippen LogP) is 2.98. The van der Waals surface area contributed by atoms with Crippen LogP contribution in [0.5, 0.6) is 0 Å². The number of rotatable bonds is 11. The highest BCUT2D eigenvalue weighted by Gasteiger charge is 2.32. The molecule has 0 aromatic carbocycles. The average molecular weight is 286 g/mol. The maximum Gasteiger partial charge on any atom is 0.323 e. The summed E-state index contributed by atoms with van der Waals surface area (Å²) in [5.41, 5.74) is -0.801. The Kier molecular flexibility index (Phi) is 9.06. The van der Waals surface area contributed by atoms with Crippen molar-refractivity contribution in [2.45, 2.75) is 71.9 Å². The molecule has 0 aliphatic rings. The molecule has 0 amide bonds. The number of nitrogens with one attached hydrogen (secondary N) is 1. The largest absolute Gasteiger partial charge is 0.480 e. The molecule has 2 N–H and O–H groups in total. The molecule has 0 fully saturated rings. The van der Waals surface area contributed by atoms with Crippen molar-refractivity contribution in [3.8, 4) is 0 Å². The van der Waals surface area contributed by atoms with Crippen LogP contribution in [0.2, 0.25) is 0 Å². The summed E-state index contributed by atoms with van der Waals surface area (Å²) in [6.07, 6.45) is 3.89. The maximum absolute atomic E-state index is 11.4. The first-order valence-electron chi connectivity index (χ1n) is 7.87. The highest BCUT2D eigenvalue weighted by molar-refractivity contribution is 5.78. The van der Waals surface area contributed by atoms with Crippen LogP contribution in [0.15, 0.2) is 0 Å². The minimum absolute atomic E-state index is 0.185. The molecular weight excluding hydrogens is 252 g/mol. The number of carboxylic acids is 1. The van der Waals surface area contributed by atoms with E-state index in [0.29, 0.717) is 6.42 Å². The third-order valence-corrected chi connectivity index (χ3v) is 3.63. The van der Waals surface area contributed by atoms with Gasteiger partial charge < -0.3 is 10.0 Å². The average Bonchev–Trinajstić information content (AvgIpc) is 2.31. The van der Waals surface area contributed by atoms with Gasteiger partial charge >= 0.3 is 5.97 Å². The fourth-order valence-electron chi connectivity index (χ4n) is 2.33. The van der Waals surface area contributed by atoms with Crippen LogP contribution in [-0.2, 0) is 4.79 Å². The molecule has 0 rings (SSSR count). The molecular formula is C16H34N2O2. The number of hydrogen-bond acceptors (Lipinski definition) is 3. The van der Waals surface area contributed by atoms with Gasteiger partial charge in [0.2, 0.25) is 0 Å². The summed E-state index contributed by atoms with van der Waals surface area (Å²) in [4.78, 5) is 13.7. The van der Waals surface area contributed by atoms with E-state index in [1.54, 1.807) is 6.92 Å². The first kappa shape index (κ1) is 19.4. The molecule has 0 bridgehead atoms. The first-order chi connectivity index (χ1) is 9.17. The van der Waals surface area contributed by atoms with E-state index >= 15 is 0 Å². The van der Waals surface area contributed by atoms with E-state index in [-0.39, 0.29) is 6.04 Å². The Morgan fingerprint density at radius 1 is 1.20 bits per heavy atom. The van der Waals surface area contributed by atoms with Crippen molar-refractivity contribution >= 4 is 5.97 Å². The number of aliphatic carboxylic acids is 1. The summed E-state index contributed by atoms with van der Waals surface area (Å²) in [5, 5.41) is 12.5. The molecule has 120 valence electrons. The van der Waals surface area contributed by atoms with Crippen molar-refractivity contribution in [3.05, 3.63) is 0 Å². The van der Waals surface area contributed by atoms with Crippen molar-refractivity contribution in [2.24, 2.45) is 5.92 Å². The number of nitrogens with zero attached hydrogens (tertiary/aromatic N) is 1. The topological polar surface area (TPSA) is 52.6 Å². The van der Waals surface area contributed by atoms with E-state index in [1.807, 2.05) is 13.8 Å². The van der Waals surface area contributed by atoms with Crippen LogP contribution in [0, 0.1) is 5.92 Å². The third-order valence-electron chi connectivity index (χ3n) is 3.63. The van der Waals surface area contributed by atoms with Crippen LogP contribution in [-0.4, -0.2) is 47.7 Å². The zero-order valence-electron chi connectivity index (χ0n) is 14.2. The van der Waals surface area contributed by atoms with Gasteiger partial charge in [-0.1, -0.05) is 13.8 Å². The van der Waals surface area contributed by atoms with Crippen molar-refractivity contribution in [2.75, 3.05) is 20.1 Å². The highest BCUT2D eigenvalue weighted by atomic mass is 16.4. The van der Waals surface area contributed by atoms with Crippen LogP contribution in [0.4, 0.5) is 0 Å². The van der Waals surface area contributed by atoms with Gasteiger partial charge in [0.15, 0.2) is 0 Å². The molecule has 0 aliphatic heterocycles. The van der Waals surface area contributed by atoms with E-state index in [1.165, 1.54) is 6.42 Å². The van der Waals surface area contributed by atoms with Crippen LogP contribution in [0.1, 0.15) is 60.3 Å². The van der Waals surface area contributed by atoms with Crippen molar-refractivity contribution in [1.82, 2.24) is 10.2 Å². The van der Waals surface area contributed by atoms with E-state index in [0.717, 1.165) is 31.8 Å². The summed E-state index contributed by atoms with van der Waals surface area (Å²) in [6.45, 7) is 12.4. The predicted molar refractivity (Wildman–Crippen MR) is 85.1 cm³/mol. The van der Waals surface area contributed by atoms with E-state index in [9.17, 15) is 9.90 Å². The van der Waals surface area contributed by atoms with Gasteiger partial charge in [0.1, 0.15) is 5.54 Å². The zero-order valence-corrected chi connectivity index (χ0v) is 14.2. The summed E-state index contributed by atoms with van der Waals surface area (Å²) in [6, 6.07) is 0.185. The Morgan fingerprint density at radius 3 is 2.25 bits per heavy atom. The standard InChI is InChI=1S/C16H34N2O2/c1-13(2)9-12-18(6)11-8-7-10-16(5,15(19)20)17-14(3)4/h13-14,17H,7-12H2,1-6H3,(H,19,20). The third kappa shape index (κ3) is 8.54. The van der Waals surface area contributed by atoms with Crippen molar-refractivity contribution in [3.63, 3.8) is 0 Å². The molecule has 4 nitrogen and oxygen atoms in total. The van der Waals surface area contributed by atoms with E-state index in [2.05, 4.69) is 31.1 Å². The Hall–Kier alpha value is -0.610. The molecule has 0 radical (unpaired) electrons. The Balaban J connectivity index is 3.98. The van der Waals surface area contributed by atoms with Gasteiger partial charge in [0.05, 0.1) is 0 Å². The molecule has 1 atom stereocenters. The van der Waals surface area contributed by atoms with Gasteiger partial charge in [-0.05, 0) is 72.5 Å². The Labute approximate surface area is 124 Å². The van der Waals surface area contributed by atoms with Crippen LogP contribution in [0.25, 0.3) is 0 Å². The number of carbonyl (C=O) groups is 1. The molecule has 1 unspecified atom stereocenters. The maximum atomic E-state index is 11.4. The minimum Gasteiger partial charge on any atom is -0.480 e. The molecule has 0 aromatic heterocycles. The summed E-state index contributed by atoms with van der Waals surface area (Å²) < 4.78 is 0. The minimum atomic E-state index is -0.801. The van der Waals surface area contributed by atoms with Gasteiger partial charge in [-0.25, -0.2) is 0 Å². The van der Waals surface area contributed by atoms with Crippen molar-refractivity contribution in [1.29, 1.82) is 0 Å². The molecule has 0 saturated carbocycles. The molecule has 0 aliphatic carbocycles. The van der Waals surface area contributed by atoms with Crippen molar-refractivity contribution < 1.29 is 9.90 Å². The second-order valence-corrected chi connectivity index (χ2v) is 6.88. The summed E-state index contributed by atoms with van der Waals surface area (Å²) in [5.74, 6) is -0.0117. The van der Waals surface area contributed by atoms with E-state index < -0.39 is 11.5 Å². The van der Waals surface area contributed by atoms with Gasteiger partial charge in [-0.15, -0.1) is 0 Å². The van der Waals surface area contributed by atoms with Gasteiger partial charge in [-0.3, -0.25) is 10.1 Å². The first-order valence-corrected chi connectivity index (χ1v) is 7.87. The second kappa shape index (κ2) is 9.35. The van der Waals surface area contributed by atoms with Gasteiger partial charge in [-0.2, -0.15) is 0 Å². The van der Waals surface area contributed by atoms with Crippen LogP contribution >= 0.6 is 0 Å². The smallest absolute Gasteiger partial charge is 0.323 e. The number of hydrogen-bond donors (Lipinski definition) is 2. The normalized spacial score (nSPS) is 15.1. The summed E-state index contributed by atoms with van der Waals surface area (Å²) in [7, 11) is 2.14. The van der Waals surface area contributed by atoms with Gasteiger partial charge in [0.25, 0.3) is 0 Å². The molecule has 0 heterocycles. The number of unbranched alkanes of at least 4 members (excludes halogenated alkanes) is 1. The molecule has 20 heavy (non-hydrogen) atoms. The molecule has 0 saturated heterocycles. The lowest BCUT2D eigenvalue weighted by Gasteiger charge is -2.29. The molecule has 0 spiro atoms. The summed E-state index contributed by atoms with van der Waals surface area (Å²) >= 11 is 0. The molecule has 4 heteroatoms.